The molecule has 1 aromatic carbocycles. The lowest BCUT2D eigenvalue weighted by atomic mass is 10.1. The molecule has 18 heavy (non-hydrogen) atoms. The van der Waals surface area contributed by atoms with Crippen molar-refractivity contribution in [2.24, 2.45) is 5.92 Å². The zero-order valence-electron chi connectivity index (χ0n) is 9.88. The van der Waals surface area contributed by atoms with Gasteiger partial charge >= 0.3 is 0 Å². The monoisotopic (exact) mass is 382 g/mol. The van der Waals surface area contributed by atoms with Crippen LogP contribution in [0.1, 0.15) is 13.8 Å². The molecule has 0 aliphatic heterocycles. The summed E-state index contributed by atoms with van der Waals surface area (Å²) in [7, 11) is -3.84. The van der Waals surface area contributed by atoms with Crippen molar-refractivity contribution < 1.29 is 18.3 Å². The summed E-state index contributed by atoms with van der Waals surface area (Å²) in [4.78, 5) is 10.9. The quantitative estimate of drug-likeness (QED) is 0.745. The van der Waals surface area contributed by atoms with Gasteiger partial charge in [-0.15, -0.1) is 0 Å². The Morgan fingerprint density at radius 2 is 1.78 bits per heavy atom. The van der Waals surface area contributed by atoms with Crippen LogP contribution in [0.5, 0.6) is 0 Å². The number of benzene rings is 1. The van der Waals surface area contributed by atoms with Crippen molar-refractivity contribution in [2.45, 2.75) is 24.8 Å². The van der Waals surface area contributed by atoms with Crippen LogP contribution < -0.4 is 9.83 Å². The van der Waals surface area contributed by atoms with Gasteiger partial charge in [0, 0.05) is 3.57 Å². The van der Waals surface area contributed by atoms with E-state index in [-0.39, 0.29) is 4.90 Å². The van der Waals surface area contributed by atoms with Gasteiger partial charge < -0.3 is 9.90 Å². The molecule has 0 aliphatic carbocycles. The Morgan fingerprint density at radius 1 is 1.28 bits per heavy atom. The third-order valence-corrected chi connectivity index (χ3v) is 4.50. The van der Waals surface area contributed by atoms with E-state index in [1.165, 1.54) is 12.1 Å². The minimum Gasteiger partial charge on any atom is -0.548 e. The lowest BCUT2D eigenvalue weighted by molar-refractivity contribution is -0.309. The molecule has 0 bridgehead atoms. The van der Waals surface area contributed by atoms with E-state index in [9.17, 15) is 18.3 Å². The molecule has 1 rings (SSSR count). The molecule has 100 valence electrons. The van der Waals surface area contributed by atoms with Crippen molar-refractivity contribution in [1.29, 1.82) is 0 Å². The number of sulfonamides is 1. The van der Waals surface area contributed by atoms with Gasteiger partial charge in [-0.05, 0) is 52.8 Å². The Hall–Kier alpha value is -0.670. The van der Waals surface area contributed by atoms with Gasteiger partial charge in [0.1, 0.15) is 0 Å². The van der Waals surface area contributed by atoms with Crippen LogP contribution in [0.15, 0.2) is 29.2 Å². The van der Waals surface area contributed by atoms with Crippen LogP contribution in [0.3, 0.4) is 0 Å². The average molecular weight is 382 g/mol. The molecule has 0 unspecified atom stereocenters. The Labute approximate surface area is 120 Å². The van der Waals surface area contributed by atoms with Crippen molar-refractivity contribution >= 4 is 38.6 Å². The van der Waals surface area contributed by atoms with E-state index >= 15 is 0 Å². The van der Waals surface area contributed by atoms with E-state index in [1.54, 1.807) is 26.0 Å². The fraction of sp³-hybridized carbons (Fsp3) is 0.364. The van der Waals surface area contributed by atoms with Crippen molar-refractivity contribution in [2.75, 3.05) is 0 Å². The molecule has 0 aliphatic rings. The van der Waals surface area contributed by atoms with Gasteiger partial charge in [0.2, 0.25) is 10.0 Å². The molecule has 0 amide bonds. The first kappa shape index (κ1) is 15.4. The van der Waals surface area contributed by atoms with E-state index in [2.05, 4.69) is 27.3 Å². The number of carboxylic acid groups (broad SMARTS) is 1. The summed E-state index contributed by atoms with van der Waals surface area (Å²) >= 11 is 2.05. The number of halogens is 1. The number of carbonyl (C=O) groups is 1. The molecule has 5 nitrogen and oxygen atoms in total. The molecular weight excluding hydrogens is 369 g/mol. The van der Waals surface area contributed by atoms with E-state index in [1.807, 2.05) is 0 Å². The summed E-state index contributed by atoms with van der Waals surface area (Å²) < 4.78 is 26.9. The first-order valence-electron chi connectivity index (χ1n) is 5.23. The van der Waals surface area contributed by atoms with Crippen molar-refractivity contribution in [1.82, 2.24) is 4.72 Å². The molecule has 1 atom stereocenters. The number of rotatable bonds is 5. The van der Waals surface area contributed by atoms with Crippen molar-refractivity contribution in [3.8, 4) is 0 Å². The SMILES string of the molecule is CC(C)[C@@H](NS(=O)(=O)c1ccc(I)cc1)C(=O)[O-]. The third-order valence-electron chi connectivity index (χ3n) is 2.33. The second-order valence-corrected chi connectivity index (χ2v) is 7.08. The highest BCUT2D eigenvalue weighted by Gasteiger charge is 2.23. The minimum absolute atomic E-state index is 0.0369. The molecule has 0 heterocycles. The molecule has 0 aromatic heterocycles. The topological polar surface area (TPSA) is 86.3 Å². The molecule has 1 N–H and O–H groups in total. The van der Waals surface area contributed by atoms with Crippen LogP contribution in [-0.2, 0) is 14.8 Å². The third kappa shape index (κ3) is 3.92. The Morgan fingerprint density at radius 3 is 2.17 bits per heavy atom. The van der Waals surface area contributed by atoms with Gasteiger partial charge in [0.15, 0.2) is 0 Å². The summed E-state index contributed by atoms with van der Waals surface area (Å²) in [5.74, 6) is -1.83. The molecule has 0 saturated carbocycles. The molecule has 0 spiro atoms. The van der Waals surface area contributed by atoms with Gasteiger partial charge in [-0.3, -0.25) is 0 Å². The normalized spacial score (nSPS) is 13.6. The predicted octanol–water partition coefficient (Wildman–Crippen LogP) is 0.344. The Kier molecular flexibility index (Phi) is 5.11. The summed E-state index contributed by atoms with van der Waals surface area (Å²) in [5.41, 5.74) is 0. The van der Waals surface area contributed by atoms with Crippen molar-refractivity contribution in [3.63, 3.8) is 0 Å². The second kappa shape index (κ2) is 5.98. The highest BCUT2D eigenvalue weighted by Crippen LogP contribution is 2.13. The van der Waals surface area contributed by atoms with Gasteiger partial charge in [0.25, 0.3) is 0 Å². The lowest BCUT2D eigenvalue weighted by Gasteiger charge is -2.23. The smallest absolute Gasteiger partial charge is 0.241 e. The number of hydrogen-bond donors (Lipinski definition) is 1. The molecule has 0 radical (unpaired) electrons. The predicted molar refractivity (Wildman–Crippen MR) is 73.1 cm³/mol. The molecular formula is C11H13INO4S-. The van der Waals surface area contributed by atoms with E-state index < -0.39 is 28.0 Å². The number of carbonyl (C=O) groups excluding carboxylic acids is 1. The van der Waals surface area contributed by atoms with E-state index in [4.69, 9.17) is 0 Å². The Balaban J connectivity index is 3.01. The lowest BCUT2D eigenvalue weighted by Crippen LogP contribution is -2.50. The molecule has 0 saturated heterocycles. The zero-order chi connectivity index (χ0) is 13.9. The number of nitrogens with one attached hydrogen (secondary N) is 1. The first-order valence-corrected chi connectivity index (χ1v) is 7.79. The summed E-state index contributed by atoms with van der Waals surface area (Å²) in [6.07, 6.45) is 0. The fourth-order valence-corrected chi connectivity index (χ4v) is 3.00. The summed E-state index contributed by atoms with van der Waals surface area (Å²) in [6, 6.07) is 4.89. The largest absolute Gasteiger partial charge is 0.548 e. The van der Waals surface area contributed by atoms with Crippen LogP contribution >= 0.6 is 22.6 Å². The highest BCUT2D eigenvalue weighted by molar-refractivity contribution is 14.1. The fourth-order valence-electron chi connectivity index (χ4n) is 1.31. The summed E-state index contributed by atoms with van der Waals surface area (Å²) in [6.45, 7) is 3.22. The standard InChI is InChI=1S/C11H14INO4S/c1-7(2)10(11(14)15)13-18(16,17)9-5-3-8(12)4-6-9/h3-7,10,13H,1-2H3,(H,14,15)/p-1/t10-/m1/s1. The van der Waals surface area contributed by atoms with Crippen LogP contribution in [0.4, 0.5) is 0 Å². The van der Waals surface area contributed by atoms with E-state index in [0.29, 0.717) is 0 Å². The second-order valence-electron chi connectivity index (χ2n) is 4.12. The number of carboxylic acids is 1. The van der Waals surface area contributed by atoms with Crippen molar-refractivity contribution in [3.05, 3.63) is 27.8 Å². The van der Waals surface area contributed by atoms with Gasteiger partial charge in [-0.25, -0.2) is 13.1 Å². The van der Waals surface area contributed by atoms with Crippen LogP contribution in [-0.4, -0.2) is 20.4 Å². The number of aliphatic carboxylic acids is 1. The molecule has 0 fully saturated rings. The Bertz CT molecular complexity index is 524. The minimum atomic E-state index is -3.84. The average Bonchev–Trinajstić information content (AvgIpc) is 2.26. The first-order chi connectivity index (χ1) is 8.24. The maximum atomic E-state index is 12.0. The van der Waals surface area contributed by atoms with Gasteiger partial charge in [-0.2, -0.15) is 0 Å². The zero-order valence-corrected chi connectivity index (χ0v) is 12.9. The molecule has 7 heteroatoms. The molecule has 1 aromatic rings. The van der Waals surface area contributed by atoms with Gasteiger partial charge in [-0.1, -0.05) is 13.8 Å². The van der Waals surface area contributed by atoms with Gasteiger partial charge in [0.05, 0.1) is 16.9 Å². The van der Waals surface area contributed by atoms with Crippen LogP contribution in [0, 0.1) is 9.49 Å². The van der Waals surface area contributed by atoms with Crippen LogP contribution in [0.25, 0.3) is 0 Å². The van der Waals surface area contributed by atoms with E-state index in [0.717, 1.165) is 3.57 Å². The summed E-state index contributed by atoms with van der Waals surface area (Å²) in [5, 5.41) is 10.9. The van der Waals surface area contributed by atoms with Crippen LogP contribution in [0.2, 0.25) is 0 Å². The number of hydrogen-bond acceptors (Lipinski definition) is 4. The highest BCUT2D eigenvalue weighted by atomic mass is 127. The maximum Gasteiger partial charge on any atom is 0.241 e. The maximum absolute atomic E-state index is 12.0.